The number of benzene rings is 2. The van der Waals surface area contributed by atoms with Crippen molar-refractivity contribution < 1.29 is 13.2 Å². The second-order valence-corrected chi connectivity index (χ2v) is 11.0. The fourth-order valence-corrected chi connectivity index (χ4v) is 5.58. The molecule has 0 aliphatic carbocycles. The normalized spacial score (nSPS) is 21.7. The molecule has 4 rings (SSSR count). The minimum atomic E-state index is -3.26. The zero-order valence-corrected chi connectivity index (χ0v) is 19.9. The Bertz CT molecular complexity index is 1040. The van der Waals surface area contributed by atoms with E-state index in [4.69, 9.17) is 0 Å². The molecule has 0 spiro atoms. The highest BCUT2D eigenvalue weighted by Gasteiger charge is 2.39. The van der Waals surface area contributed by atoms with Gasteiger partial charge in [0.2, 0.25) is 15.9 Å². The number of aryl methyl sites for hydroxylation is 1. The van der Waals surface area contributed by atoms with E-state index in [0.717, 1.165) is 45.2 Å². The summed E-state index contributed by atoms with van der Waals surface area (Å²) in [6, 6.07) is 16.2. The third-order valence-corrected chi connectivity index (χ3v) is 7.50. The molecule has 2 aliphatic heterocycles. The summed E-state index contributed by atoms with van der Waals surface area (Å²) >= 11 is 0. The first-order valence-electron chi connectivity index (χ1n) is 11.4. The van der Waals surface area contributed by atoms with Gasteiger partial charge >= 0.3 is 0 Å². The minimum absolute atomic E-state index is 0.00909. The van der Waals surface area contributed by atoms with Crippen molar-refractivity contribution in [3.05, 3.63) is 65.2 Å². The van der Waals surface area contributed by atoms with Gasteiger partial charge in [-0.15, -0.1) is 0 Å². The zero-order chi connectivity index (χ0) is 22.9. The number of carbonyl (C=O) groups is 1. The van der Waals surface area contributed by atoms with Gasteiger partial charge in [0.25, 0.3) is 0 Å². The van der Waals surface area contributed by atoms with Crippen LogP contribution in [0.4, 0.5) is 5.69 Å². The van der Waals surface area contributed by atoms with Crippen molar-refractivity contribution >= 4 is 21.6 Å². The number of sulfonamides is 1. The SMILES string of the molecule is Cc1ccc(C(C)N2CCC(N3CCC(c4ccc(NS(C)(=O)=O)cc4)CC3)C2=O)cc1. The standard InChI is InChI=1S/C25H33N3O3S/c1-18-4-6-20(7-5-18)19(2)28-17-14-24(25(28)29)27-15-12-22(13-16-27)21-8-10-23(11-9-21)26-32(3,30)31/h4-11,19,22,24,26H,12-17H2,1-3H3. The van der Waals surface area contributed by atoms with Gasteiger partial charge in [0, 0.05) is 12.2 Å². The number of amides is 1. The van der Waals surface area contributed by atoms with Crippen molar-refractivity contribution in [1.29, 1.82) is 0 Å². The number of rotatable bonds is 6. The van der Waals surface area contributed by atoms with Gasteiger partial charge in [-0.1, -0.05) is 42.0 Å². The minimum Gasteiger partial charge on any atom is -0.335 e. The van der Waals surface area contributed by atoms with E-state index < -0.39 is 10.0 Å². The van der Waals surface area contributed by atoms with Gasteiger partial charge in [-0.25, -0.2) is 8.42 Å². The molecule has 2 fully saturated rings. The van der Waals surface area contributed by atoms with E-state index in [-0.39, 0.29) is 18.0 Å². The Hall–Kier alpha value is -2.38. The van der Waals surface area contributed by atoms with Gasteiger partial charge in [0.1, 0.15) is 0 Å². The highest BCUT2D eigenvalue weighted by molar-refractivity contribution is 7.92. The quantitative estimate of drug-likeness (QED) is 0.717. The van der Waals surface area contributed by atoms with E-state index in [1.165, 1.54) is 16.7 Å². The van der Waals surface area contributed by atoms with E-state index >= 15 is 0 Å². The Morgan fingerprint density at radius 1 is 0.938 bits per heavy atom. The second-order valence-electron chi connectivity index (χ2n) is 9.23. The Labute approximate surface area is 191 Å². The van der Waals surface area contributed by atoms with E-state index in [1.54, 1.807) is 0 Å². The molecule has 2 saturated heterocycles. The molecule has 1 N–H and O–H groups in total. The smallest absolute Gasteiger partial charge is 0.240 e. The van der Waals surface area contributed by atoms with Crippen molar-refractivity contribution in [2.45, 2.75) is 51.1 Å². The lowest BCUT2D eigenvalue weighted by Crippen LogP contribution is -2.45. The van der Waals surface area contributed by atoms with Crippen LogP contribution >= 0.6 is 0 Å². The highest BCUT2D eigenvalue weighted by Crippen LogP contribution is 2.33. The molecular formula is C25H33N3O3S. The molecule has 32 heavy (non-hydrogen) atoms. The van der Waals surface area contributed by atoms with Crippen LogP contribution < -0.4 is 4.72 Å². The average Bonchev–Trinajstić information content (AvgIpc) is 3.14. The van der Waals surface area contributed by atoms with E-state index in [1.807, 2.05) is 29.2 Å². The Kier molecular flexibility index (Phi) is 6.58. The molecule has 2 unspecified atom stereocenters. The second kappa shape index (κ2) is 9.24. The van der Waals surface area contributed by atoms with E-state index in [9.17, 15) is 13.2 Å². The summed E-state index contributed by atoms with van der Waals surface area (Å²) in [5, 5.41) is 0. The Morgan fingerprint density at radius 2 is 1.56 bits per heavy atom. The lowest BCUT2D eigenvalue weighted by atomic mass is 9.88. The number of piperidine rings is 1. The number of likely N-dealkylation sites (tertiary alicyclic amines) is 2. The lowest BCUT2D eigenvalue weighted by Gasteiger charge is -2.35. The number of hydrogen-bond acceptors (Lipinski definition) is 4. The van der Waals surface area contributed by atoms with Gasteiger partial charge in [-0.05, 0) is 75.4 Å². The van der Waals surface area contributed by atoms with Crippen molar-refractivity contribution in [1.82, 2.24) is 9.80 Å². The predicted molar refractivity (Wildman–Crippen MR) is 128 cm³/mol. The van der Waals surface area contributed by atoms with Crippen molar-refractivity contribution in [3.8, 4) is 0 Å². The highest BCUT2D eigenvalue weighted by atomic mass is 32.2. The van der Waals surface area contributed by atoms with Crippen LogP contribution in [0.5, 0.6) is 0 Å². The molecular weight excluding hydrogens is 422 g/mol. The summed E-state index contributed by atoms with van der Waals surface area (Å²) in [4.78, 5) is 17.6. The molecule has 2 aromatic rings. The van der Waals surface area contributed by atoms with Gasteiger partial charge in [0.05, 0.1) is 18.3 Å². The summed E-state index contributed by atoms with van der Waals surface area (Å²) < 4.78 is 25.3. The summed E-state index contributed by atoms with van der Waals surface area (Å²) in [7, 11) is -3.26. The number of hydrogen-bond donors (Lipinski definition) is 1. The summed E-state index contributed by atoms with van der Waals surface area (Å²) in [6.45, 7) is 6.84. The summed E-state index contributed by atoms with van der Waals surface area (Å²) in [5.74, 6) is 0.699. The largest absolute Gasteiger partial charge is 0.335 e. The Morgan fingerprint density at radius 3 is 2.16 bits per heavy atom. The van der Waals surface area contributed by atoms with Crippen molar-refractivity contribution in [3.63, 3.8) is 0 Å². The lowest BCUT2D eigenvalue weighted by molar-refractivity contribution is -0.134. The molecule has 2 aliphatic rings. The van der Waals surface area contributed by atoms with Crippen LogP contribution in [0.3, 0.4) is 0 Å². The molecule has 2 aromatic carbocycles. The van der Waals surface area contributed by atoms with Gasteiger partial charge < -0.3 is 4.90 Å². The van der Waals surface area contributed by atoms with Gasteiger partial charge in [0.15, 0.2) is 0 Å². The van der Waals surface area contributed by atoms with Gasteiger partial charge in [-0.3, -0.25) is 14.4 Å². The fourth-order valence-electron chi connectivity index (χ4n) is 5.02. The van der Waals surface area contributed by atoms with Crippen LogP contribution in [0.1, 0.15) is 54.8 Å². The van der Waals surface area contributed by atoms with Crippen LogP contribution in [0, 0.1) is 6.92 Å². The zero-order valence-electron chi connectivity index (χ0n) is 19.1. The Balaban J connectivity index is 1.33. The molecule has 0 bridgehead atoms. The predicted octanol–water partition coefficient (Wildman–Crippen LogP) is 3.91. The number of nitrogens with one attached hydrogen (secondary N) is 1. The van der Waals surface area contributed by atoms with Crippen LogP contribution in [0.2, 0.25) is 0 Å². The maximum atomic E-state index is 13.2. The molecule has 172 valence electrons. The van der Waals surface area contributed by atoms with E-state index in [2.05, 4.69) is 47.7 Å². The monoisotopic (exact) mass is 455 g/mol. The van der Waals surface area contributed by atoms with Crippen LogP contribution in [0.25, 0.3) is 0 Å². The first-order chi connectivity index (χ1) is 15.2. The van der Waals surface area contributed by atoms with Crippen LogP contribution in [0.15, 0.2) is 48.5 Å². The topological polar surface area (TPSA) is 69.7 Å². The van der Waals surface area contributed by atoms with Crippen molar-refractivity contribution in [2.24, 2.45) is 0 Å². The third kappa shape index (κ3) is 5.15. The summed E-state index contributed by atoms with van der Waals surface area (Å²) in [5.41, 5.74) is 4.25. The fraction of sp³-hybridized carbons (Fsp3) is 0.480. The van der Waals surface area contributed by atoms with E-state index in [0.29, 0.717) is 11.6 Å². The molecule has 1 amide bonds. The molecule has 0 saturated carbocycles. The number of anilines is 1. The molecule has 2 heterocycles. The first kappa shape index (κ1) is 22.8. The maximum absolute atomic E-state index is 13.2. The molecule has 6 nitrogen and oxygen atoms in total. The summed E-state index contributed by atoms with van der Waals surface area (Å²) in [6.07, 6.45) is 4.07. The maximum Gasteiger partial charge on any atom is 0.240 e. The first-order valence-corrected chi connectivity index (χ1v) is 13.3. The van der Waals surface area contributed by atoms with Crippen LogP contribution in [-0.4, -0.2) is 56.1 Å². The van der Waals surface area contributed by atoms with Gasteiger partial charge in [-0.2, -0.15) is 0 Å². The molecule has 2 atom stereocenters. The van der Waals surface area contributed by atoms with Crippen molar-refractivity contribution in [2.75, 3.05) is 30.6 Å². The average molecular weight is 456 g/mol. The number of nitrogens with zero attached hydrogens (tertiary/aromatic N) is 2. The molecule has 7 heteroatoms. The third-order valence-electron chi connectivity index (χ3n) is 6.89. The number of carbonyl (C=O) groups excluding carboxylic acids is 1. The van der Waals surface area contributed by atoms with Crippen LogP contribution in [-0.2, 0) is 14.8 Å². The molecule has 0 aromatic heterocycles. The molecule has 0 radical (unpaired) electrons.